The third kappa shape index (κ3) is 5.41. The fourth-order valence-electron chi connectivity index (χ4n) is 2.45. The first-order valence-corrected chi connectivity index (χ1v) is 8.49. The molecule has 0 fully saturated rings. The van der Waals surface area contributed by atoms with Crippen LogP contribution in [0.15, 0.2) is 22.7 Å². The maximum Gasteiger partial charge on any atom is 0.250 e. The molecule has 2 rings (SSSR count). The predicted molar refractivity (Wildman–Crippen MR) is 95.2 cm³/mol. The first-order chi connectivity index (χ1) is 11.8. The standard InChI is InChI=1S/C19H26N2O3/c1-4-5-6-7-8-9-18-20-19(24-21-18)13-11-15-10-12-16(22-2)17(14-15)23-3/h10-14H,4-9H2,1-3H3/b13-11+. The molecule has 0 atom stereocenters. The second-order valence-corrected chi connectivity index (χ2v) is 5.66. The molecule has 0 amide bonds. The number of nitrogens with zero attached hydrogens (tertiary/aromatic N) is 2. The fraction of sp³-hybridized carbons (Fsp3) is 0.474. The Bertz CT molecular complexity index is 650. The Kier molecular flexibility index (Phi) is 7.33. The minimum Gasteiger partial charge on any atom is -0.493 e. The van der Waals surface area contributed by atoms with Crippen molar-refractivity contribution in [3.8, 4) is 11.5 Å². The number of rotatable bonds is 10. The van der Waals surface area contributed by atoms with E-state index in [1.54, 1.807) is 14.2 Å². The monoisotopic (exact) mass is 330 g/mol. The summed E-state index contributed by atoms with van der Waals surface area (Å²) in [6.45, 7) is 2.22. The molecule has 1 aromatic carbocycles. The summed E-state index contributed by atoms with van der Waals surface area (Å²) in [5.41, 5.74) is 0.979. The molecule has 0 bridgehead atoms. The van der Waals surface area contributed by atoms with Gasteiger partial charge in [-0.3, -0.25) is 0 Å². The number of aromatic nitrogens is 2. The van der Waals surface area contributed by atoms with Gasteiger partial charge in [0.25, 0.3) is 5.89 Å². The molecule has 0 radical (unpaired) electrons. The van der Waals surface area contributed by atoms with E-state index in [1.165, 1.54) is 25.7 Å². The van der Waals surface area contributed by atoms with Crippen molar-refractivity contribution in [1.29, 1.82) is 0 Å². The van der Waals surface area contributed by atoms with E-state index in [1.807, 2.05) is 30.4 Å². The lowest BCUT2D eigenvalue weighted by molar-refractivity contribution is 0.355. The molecule has 0 saturated carbocycles. The predicted octanol–water partition coefficient (Wildman–Crippen LogP) is 4.77. The maximum absolute atomic E-state index is 5.29. The maximum atomic E-state index is 5.29. The molecule has 0 spiro atoms. The smallest absolute Gasteiger partial charge is 0.250 e. The van der Waals surface area contributed by atoms with E-state index in [0.717, 1.165) is 24.2 Å². The van der Waals surface area contributed by atoms with Crippen LogP contribution in [0.25, 0.3) is 12.2 Å². The van der Waals surface area contributed by atoms with Crippen molar-refractivity contribution in [2.75, 3.05) is 14.2 Å². The molecule has 0 unspecified atom stereocenters. The van der Waals surface area contributed by atoms with Gasteiger partial charge in [-0.15, -0.1) is 0 Å². The Hall–Kier alpha value is -2.30. The third-order valence-corrected chi connectivity index (χ3v) is 3.81. The van der Waals surface area contributed by atoms with E-state index in [4.69, 9.17) is 14.0 Å². The molecule has 1 heterocycles. The van der Waals surface area contributed by atoms with Gasteiger partial charge >= 0.3 is 0 Å². The molecular formula is C19H26N2O3. The van der Waals surface area contributed by atoms with Crippen molar-refractivity contribution < 1.29 is 14.0 Å². The summed E-state index contributed by atoms with van der Waals surface area (Å²) >= 11 is 0. The molecule has 2 aromatic rings. The Morgan fingerprint density at radius 2 is 1.79 bits per heavy atom. The summed E-state index contributed by atoms with van der Waals surface area (Å²) in [7, 11) is 3.24. The summed E-state index contributed by atoms with van der Waals surface area (Å²) in [6, 6.07) is 5.72. The van der Waals surface area contributed by atoms with Crippen LogP contribution in [0, 0.1) is 0 Å². The van der Waals surface area contributed by atoms with Crippen molar-refractivity contribution in [3.05, 3.63) is 35.5 Å². The number of hydrogen-bond donors (Lipinski definition) is 0. The molecule has 0 aliphatic heterocycles. The van der Waals surface area contributed by atoms with Gasteiger partial charge in [0, 0.05) is 12.5 Å². The van der Waals surface area contributed by atoms with Crippen LogP contribution in [0.2, 0.25) is 0 Å². The quantitative estimate of drug-likeness (QED) is 0.587. The molecule has 130 valence electrons. The van der Waals surface area contributed by atoms with Crippen molar-refractivity contribution in [2.24, 2.45) is 0 Å². The van der Waals surface area contributed by atoms with E-state index in [2.05, 4.69) is 17.1 Å². The number of ether oxygens (including phenoxy) is 2. The molecule has 0 N–H and O–H groups in total. The topological polar surface area (TPSA) is 57.4 Å². The zero-order valence-corrected chi connectivity index (χ0v) is 14.7. The van der Waals surface area contributed by atoms with Crippen molar-refractivity contribution in [3.63, 3.8) is 0 Å². The van der Waals surface area contributed by atoms with E-state index in [-0.39, 0.29) is 0 Å². The number of hydrogen-bond acceptors (Lipinski definition) is 5. The number of benzene rings is 1. The van der Waals surface area contributed by atoms with Gasteiger partial charge in [-0.2, -0.15) is 4.98 Å². The van der Waals surface area contributed by atoms with Crippen LogP contribution >= 0.6 is 0 Å². The van der Waals surface area contributed by atoms with Crippen LogP contribution in [0.3, 0.4) is 0 Å². The largest absolute Gasteiger partial charge is 0.493 e. The van der Waals surface area contributed by atoms with Gasteiger partial charge in [-0.25, -0.2) is 0 Å². The van der Waals surface area contributed by atoms with Gasteiger partial charge in [-0.1, -0.05) is 43.8 Å². The highest BCUT2D eigenvalue weighted by Gasteiger charge is 2.05. The summed E-state index contributed by atoms with van der Waals surface area (Å²) in [4.78, 5) is 4.40. The van der Waals surface area contributed by atoms with Gasteiger partial charge in [0.05, 0.1) is 14.2 Å². The Balaban J connectivity index is 1.90. The molecule has 0 aliphatic carbocycles. The lowest BCUT2D eigenvalue weighted by Crippen LogP contribution is -1.90. The Labute approximate surface area is 143 Å². The van der Waals surface area contributed by atoms with E-state index in [9.17, 15) is 0 Å². The summed E-state index contributed by atoms with van der Waals surface area (Å²) in [5, 5.41) is 4.03. The zero-order chi connectivity index (χ0) is 17.2. The van der Waals surface area contributed by atoms with Crippen molar-refractivity contribution >= 4 is 12.2 Å². The number of methoxy groups -OCH3 is 2. The van der Waals surface area contributed by atoms with Crippen molar-refractivity contribution in [1.82, 2.24) is 10.1 Å². The second kappa shape index (κ2) is 9.75. The number of unbranched alkanes of at least 4 members (excludes halogenated alkanes) is 4. The molecule has 24 heavy (non-hydrogen) atoms. The number of aryl methyl sites for hydroxylation is 1. The highest BCUT2D eigenvalue weighted by Crippen LogP contribution is 2.28. The fourth-order valence-corrected chi connectivity index (χ4v) is 2.45. The minimum absolute atomic E-state index is 0.522. The van der Waals surface area contributed by atoms with Crippen LogP contribution in [-0.2, 0) is 6.42 Å². The van der Waals surface area contributed by atoms with Gasteiger partial charge in [0.15, 0.2) is 17.3 Å². The molecule has 5 nitrogen and oxygen atoms in total. The third-order valence-electron chi connectivity index (χ3n) is 3.81. The SMILES string of the molecule is CCCCCCCc1noc(/C=C/c2ccc(OC)c(OC)c2)n1. The first kappa shape index (κ1) is 18.0. The van der Waals surface area contributed by atoms with Gasteiger partial charge in [-0.05, 0) is 30.2 Å². The minimum atomic E-state index is 0.522. The van der Waals surface area contributed by atoms with Gasteiger partial charge in [0.1, 0.15) is 0 Å². The van der Waals surface area contributed by atoms with Crippen LogP contribution in [0.4, 0.5) is 0 Å². The van der Waals surface area contributed by atoms with Crippen LogP contribution in [-0.4, -0.2) is 24.4 Å². The molecular weight excluding hydrogens is 304 g/mol. The normalized spacial score (nSPS) is 11.1. The summed E-state index contributed by atoms with van der Waals surface area (Å²) in [5.74, 6) is 2.70. The van der Waals surface area contributed by atoms with Crippen LogP contribution < -0.4 is 9.47 Å². The van der Waals surface area contributed by atoms with E-state index in [0.29, 0.717) is 17.4 Å². The molecule has 1 aromatic heterocycles. The molecule has 0 aliphatic rings. The molecule has 0 saturated heterocycles. The average Bonchev–Trinajstić information content (AvgIpc) is 3.07. The zero-order valence-electron chi connectivity index (χ0n) is 14.7. The van der Waals surface area contributed by atoms with Gasteiger partial charge < -0.3 is 14.0 Å². The first-order valence-electron chi connectivity index (χ1n) is 8.49. The Morgan fingerprint density at radius 1 is 1.00 bits per heavy atom. The highest BCUT2D eigenvalue weighted by atomic mass is 16.5. The van der Waals surface area contributed by atoms with Crippen molar-refractivity contribution in [2.45, 2.75) is 45.4 Å². The summed E-state index contributed by atoms with van der Waals surface area (Å²) < 4.78 is 15.8. The van der Waals surface area contributed by atoms with E-state index < -0.39 is 0 Å². The average molecular weight is 330 g/mol. The Morgan fingerprint density at radius 3 is 2.54 bits per heavy atom. The highest BCUT2D eigenvalue weighted by molar-refractivity contribution is 5.67. The van der Waals surface area contributed by atoms with Gasteiger partial charge in [0.2, 0.25) is 0 Å². The molecule has 5 heteroatoms. The van der Waals surface area contributed by atoms with Crippen LogP contribution in [0.5, 0.6) is 11.5 Å². The van der Waals surface area contributed by atoms with Crippen LogP contribution in [0.1, 0.15) is 56.3 Å². The second-order valence-electron chi connectivity index (χ2n) is 5.66. The summed E-state index contributed by atoms with van der Waals surface area (Å²) in [6.07, 6.45) is 10.8. The lowest BCUT2D eigenvalue weighted by Gasteiger charge is -2.07. The van der Waals surface area contributed by atoms with E-state index >= 15 is 0 Å². The lowest BCUT2D eigenvalue weighted by atomic mass is 10.1.